The van der Waals surface area contributed by atoms with Crippen molar-refractivity contribution in [3.63, 3.8) is 0 Å². The maximum atomic E-state index is 9.63. The quantitative estimate of drug-likeness (QED) is 0.616. The number of phenols is 1. The first-order chi connectivity index (χ1) is 10.3. The summed E-state index contributed by atoms with van der Waals surface area (Å²) in [6, 6.07) is 8.91. The maximum absolute atomic E-state index is 9.63. The Morgan fingerprint density at radius 1 is 1.14 bits per heavy atom. The molecule has 0 saturated heterocycles. The molecular weight excluding hydrogens is 284 g/mol. The minimum Gasteiger partial charge on any atom is -0.508 e. The van der Waals surface area contributed by atoms with E-state index in [1.54, 1.807) is 42.1 Å². The fourth-order valence-corrected chi connectivity index (χ4v) is 3.01. The van der Waals surface area contributed by atoms with Crippen LogP contribution < -0.4 is 0 Å². The van der Waals surface area contributed by atoms with Crippen molar-refractivity contribution in [2.24, 2.45) is 0 Å². The van der Waals surface area contributed by atoms with Crippen LogP contribution in [0.15, 0.2) is 54.4 Å². The first-order valence-electron chi connectivity index (χ1n) is 6.34. The van der Waals surface area contributed by atoms with E-state index in [9.17, 15) is 5.11 Å². The van der Waals surface area contributed by atoms with Crippen molar-refractivity contribution >= 4 is 21.6 Å². The number of phenolic OH excluding ortho intramolecular Hbond substituents is 1. The molecule has 3 aromatic heterocycles. The highest BCUT2D eigenvalue weighted by Crippen LogP contribution is 2.28. The Balaban J connectivity index is 1.99. The molecule has 0 atom stereocenters. The van der Waals surface area contributed by atoms with Gasteiger partial charge in [-0.05, 0) is 23.6 Å². The lowest BCUT2D eigenvalue weighted by molar-refractivity contribution is 0.475. The first kappa shape index (κ1) is 12.0. The second kappa shape index (κ2) is 4.68. The lowest BCUT2D eigenvalue weighted by Gasteiger charge is -2.07. The van der Waals surface area contributed by atoms with Gasteiger partial charge in [-0.25, -0.2) is 15.0 Å². The van der Waals surface area contributed by atoms with Crippen LogP contribution in [-0.2, 0) is 0 Å². The van der Waals surface area contributed by atoms with Gasteiger partial charge in [0.25, 0.3) is 0 Å². The number of thiophene rings is 1. The molecular formula is C15H10N4OS. The molecule has 1 N–H and O–H groups in total. The van der Waals surface area contributed by atoms with Crippen molar-refractivity contribution in [3.8, 4) is 23.0 Å². The number of aromatic nitrogens is 4. The summed E-state index contributed by atoms with van der Waals surface area (Å²) in [5.41, 5.74) is 1.67. The number of nitrogens with zero attached hydrogens (tertiary/aromatic N) is 4. The number of hydrogen-bond donors (Lipinski definition) is 1. The van der Waals surface area contributed by atoms with Crippen LogP contribution in [0, 0.1) is 0 Å². The lowest BCUT2D eigenvalue weighted by atomic mass is 10.2. The van der Waals surface area contributed by atoms with E-state index in [1.807, 2.05) is 28.3 Å². The second-order valence-corrected chi connectivity index (χ2v) is 5.44. The van der Waals surface area contributed by atoms with Crippen molar-refractivity contribution in [3.05, 3.63) is 54.4 Å². The highest BCUT2D eigenvalue weighted by molar-refractivity contribution is 7.17. The van der Waals surface area contributed by atoms with E-state index >= 15 is 0 Å². The van der Waals surface area contributed by atoms with Gasteiger partial charge in [-0.3, -0.25) is 4.57 Å². The predicted octanol–water partition coefficient (Wildman–Crippen LogP) is 3.25. The van der Waals surface area contributed by atoms with Crippen LogP contribution in [0.5, 0.6) is 5.75 Å². The minimum absolute atomic E-state index is 0.200. The summed E-state index contributed by atoms with van der Waals surface area (Å²) in [7, 11) is 0. The van der Waals surface area contributed by atoms with Crippen LogP contribution in [-0.4, -0.2) is 24.6 Å². The van der Waals surface area contributed by atoms with Gasteiger partial charge in [0.1, 0.15) is 12.1 Å². The molecule has 1 aromatic carbocycles. The number of rotatable bonds is 2. The average Bonchev–Trinajstić information content (AvgIpc) is 3.17. The summed E-state index contributed by atoms with van der Waals surface area (Å²) in [4.78, 5) is 13.3. The van der Waals surface area contributed by atoms with Crippen LogP contribution in [0.25, 0.3) is 27.4 Å². The van der Waals surface area contributed by atoms with E-state index in [0.717, 1.165) is 21.6 Å². The van der Waals surface area contributed by atoms with Crippen LogP contribution in [0.3, 0.4) is 0 Å². The van der Waals surface area contributed by atoms with Crippen molar-refractivity contribution in [1.82, 2.24) is 19.5 Å². The summed E-state index contributed by atoms with van der Waals surface area (Å²) in [5, 5.41) is 11.6. The van der Waals surface area contributed by atoms with Gasteiger partial charge in [-0.2, -0.15) is 0 Å². The Kier molecular flexibility index (Phi) is 2.68. The standard InChI is InChI=1S/C15H10N4OS/c20-11-3-1-2-10(8-11)14-17-12-4-7-21-13(12)15(18-14)19-6-5-16-9-19/h1-9,20H. The van der Waals surface area contributed by atoms with Gasteiger partial charge in [-0.15, -0.1) is 11.3 Å². The molecule has 0 fully saturated rings. The summed E-state index contributed by atoms with van der Waals surface area (Å²) in [6.07, 6.45) is 5.29. The largest absolute Gasteiger partial charge is 0.508 e. The molecule has 21 heavy (non-hydrogen) atoms. The molecule has 0 spiro atoms. The Morgan fingerprint density at radius 3 is 2.90 bits per heavy atom. The zero-order valence-corrected chi connectivity index (χ0v) is 11.7. The molecule has 6 heteroatoms. The molecule has 5 nitrogen and oxygen atoms in total. The van der Waals surface area contributed by atoms with E-state index < -0.39 is 0 Å². The molecule has 0 saturated carbocycles. The first-order valence-corrected chi connectivity index (χ1v) is 7.22. The number of aromatic hydroxyl groups is 1. The Morgan fingerprint density at radius 2 is 2.10 bits per heavy atom. The predicted molar refractivity (Wildman–Crippen MR) is 81.6 cm³/mol. The summed E-state index contributed by atoms with van der Waals surface area (Å²) < 4.78 is 2.88. The fraction of sp³-hybridized carbons (Fsp3) is 0. The molecule has 3 heterocycles. The van der Waals surface area contributed by atoms with Crippen LogP contribution in [0.4, 0.5) is 0 Å². The third-order valence-corrected chi connectivity index (χ3v) is 4.04. The molecule has 0 radical (unpaired) electrons. The third kappa shape index (κ3) is 2.05. The van der Waals surface area contributed by atoms with E-state index in [0.29, 0.717) is 5.82 Å². The monoisotopic (exact) mass is 294 g/mol. The zero-order valence-electron chi connectivity index (χ0n) is 10.8. The van der Waals surface area contributed by atoms with Crippen LogP contribution >= 0.6 is 11.3 Å². The zero-order chi connectivity index (χ0) is 14.2. The molecule has 0 aliphatic rings. The number of imidazole rings is 1. The van der Waals surface area contributed by atoms with Gasteiger partial charge in [-0.1, -0.05) is 12.1 Å². The highest BCUT2D eigenvalue weighted by atomic mass is 32.1. The van der Waals surface area contributed by atoms with Crippen LogP contribution in [0.1, 0.15) is 0 Å². The van der Waals surface area contributed by atoms with Gasteiger partial charge in [0, 0.05) is 18.0 Å². The number of benzene rings is 1. The molecule has 0 aliphatic heterocycles. The molecule has 0 bridgehead atoms. The molecule has 0 unspecified atom stereocenters. The van der Waals surface area contributed by atoms with Gasteiger partial charge < -0.3 is 5.11 Å². The van der Waals surface area contributed by atoms with E-state index in [-0.39, 0.29) is 5.75 Å². The maximum Gasteiger partial charge on any atom is 0.162 e. The van der Waals surface area contributed by atoms with Crippen molar-refractivity contribution in [2.75, 3.05) is 0 Å². The average molecular weight is 294 g/mol. The molecule has 4 aromatic rings. The van der Waals surface area contributed by atoms with Gasteiger partial charge >= 0.3 is 0 Å². The van der Waals surface area contributed by atoms with Crippen LogP contribution in [0.2, 0.25) is 0 Å². The Labute approximate surface area is 124 Å². The van der Waals surface area contributed by atoms with E-state index in [1.165, 1.54) is 0 Å². The summed E-state index contributed by atoms with van der Waals surface area (Å²) in [5.74, 6) is 1.58. The normalized spacial score (nSPS) is 11.0. The highest BCUT2D eigenvalue weighted by Gasteiger charge is 2.12. The molecule has 4 rings (SSSR count). The molecule has 102 valence electrons. The summed E-state index contributed by atoms with van der Waals surface area (Å²) >= 11 is 1.60. The van der Waals surface area contributed by atoms with Crippen molar-refractivity contribution in [2.45, 2.75) is 0 Å². The third-order valence-electron chi connectivity index (χ3n) is 3.14. The number of hydrogen-bond acceptors (Lipinski definition) is 5. The molecule has 0 amide bonds. The van der Waals surface area contributed by atoms with Gasteiger partial charge in [0.2, 0.25) is 0 Å². The number of fused-ring (bicyclic) bond motifs is 1. The molecule has 0 aliphatic carbocycles. The lowest BCUT2D eigenvalue weighted by Crippen LogP contribution is -1.99. The SMILES string of the molecule is Oc1cccc(-c2nc(-n3ccnc3)c3sccc3n2)c1. The second-order valence-electron chi connectivity index (χ2n) is 4.53. The minimum atomic E-state index is 0.200. The van der Waals surface area contributed by atoms with Crippen molar-refractivity contribution < 1.29 is 5.11 Å². The fourth-order valence-electron chi connectivity index (χ4n) is 2.18. The van der Waals surface area contributed by atoms with Gasteiger partial charge in [0.15, 0.2) is 11.6 Å². The Bertz CT molecular complexity index is 914. The Hall–Kier alpha value is -2.73. The topological polar surface area (TPSA) is 63.8 Å². The van der Waals surface area contributed by atoms with Crippen molar-refractivity contribution in [1.29, 1.82) is 0 Å². The summed E-state index contributed by atoms with van der Waals surface area (Å²) in [6.45, 7) is 0. The smallest absolute Gasteiger partial charge is 0.162 e. The van der Waals surface area contributed by atoms with E-state index in [4.69, 9.17) is 0 Å². The van der Waals surface area contributed by atoms with Gasteiger partial charge in [0.05, 0.1) is 10.2 Å². The van der Waals surface area contributed by atoms with E-state index in [2.05, 4.69) is 15.0 Å².